The van der Waals surface area contributed by atoms with Gasteiger partial charge in [0.2, 0.25) is 0 Å². The van der Waals surface area contributed by atoms with Crippen molar-refractivity contribution in [2.24, 2.45) is 0 Å². The summed E-state index contributed by atoms with van der Waals surface area (Å²) in [5, 5.41) is 4.67. The van der Waals surface area contributed by atoms with Gasteiger partial charge in [0.15, 0.2) is 0 Å². The van der Waals surface area contributed by atoms with Gasteiger partial charge in [-0.05, 0) is 35.9 Å². The molecule has 0 aliphatic rings. The Labute approximate surface area is 133 Å². The minimum Gasteiger partial charge on any atom is -0.380 e. The van der Waals surface area contributed by atoms with E-state index in [2.05, 4.69) is 37.2 Å². The normalized spacial score (nSPS) is 10.4. The zero-order chi connectivity index (χ0) is 13.1. The van der Waals surface area contributed by atoms with Crippen molar-refractivity contribution in [1.29, 1.82) is 0 Å². The topological polar surface area (TPSA) is 12.0 Å². The second-order valence-corrected chi connectivity index (χ2v) is 6.36. The molecule has 0 radical (unpaired) electrons. The van der Waals surface area contributed by atoms with Crippen LogP contribution < -0.4 is 5.32 Å². The summed E-state index contributed by atoms with van der Waals surface area (Å²) in [5.74, 6) is 0. The molecular weight excluding hydrogens is 401 g/mol. The Kier molecular flexibility index (Phi) is 4.96. The average Bonchev–Trinajstić information content (AvgIpc) is 2.30. The van der Waals surface area contributed by atoms with E-state index in [1.54, 1.807) is 0 Å². The van der Waals surface area contributed by atoms with E-state index in [1.165, 1.54) is 0 Å². The molecular formula is C13H9Br2Cl2N. The first-order valence-electron chi connectivity index (χ1n) is 5.19. The molecule has 94 valence electrons. The molecule has 0 heterocycles. The van der Waals surface area contributed by atoms with Crippen molar-refractivity contribution in [3.63, 3.8) is 0 Å². The van der Waals surface area contributed by atoms with Crippen LogP contribution in [-0.2, 0) is 6.54 Å². The lowest BCUT2D eigenvalue weighted by atomic mass is 10.2. The van der Waals surface area contributed by atoms with Crippen molar-refractivity contribution in [3.05, 3.63) is 61.0 Å². The van der Waals surface area contributed by atoms with Crippen molar-refractivity contribution in [2.45, 2.75) is 6.54 Å². The van der Waals surface area contributed by atoms with E-state index in [0.29, 0.717) is 11.6 Å². The second-order valence-electron chi connectivity index (χ2n) is 3.71. The van der Waals surface area contributed by atoms with Gasteiger partial charge in [-0.1, -0.05) is 61.1 Å². The number of anilines is 1. The Balaban J connectivity index is 2.11. The molecule has 0 spiro atoms. The molecule has 0 saturated carbocycles. The van der Waals surface area contributed by atoms with Crippen molar-refractivity contribution in [2.75, 3.05) is 5.32 Å². The van der Waals surface area contributed by atoms with Crippen LogP contribution in [0.25, 0.3) is 0 Å². The maximum absolute atomic E-state index is 6.15. The van der Waals surface area contributed by atoms with Crippen molar-refractivity contribution in [3.8, 4) is 0 Å². The van der Waals surface area contributed by atoms with Gasteiger partial charge in [-0.25, -0.2) is 0 Å². The van der Waals surface area contributed by atoms with Gasteiger partial charge in [-0.15, -0.1) is 0 Å². The van der Waals surface area contributed by atoms with Crippen LogP contribution in [0.4, 0.5) is 5.69 Å². The molecule has 2 aromatic rings. The summed E-state index contributed by atoms with van der Waals surface area (Å²) in [4.78, 5) is 0. The highest BCUT2D eigenvalue weighted by Crippen LogP contribution is 2.27. The summed E-state index contributed by atoms with van der Waals surface area (Å²) in [6.45, 7) is 0.632. The zero-order valence-corrected chi connectivity index (χ0v) is 13.9. The fourth-order valence-electron chi connectivity index (χ4n) is 1.49. The second kappa shape index (κ2) is 6.29. The molecule has 18 heavy (non-hydrogen) atoms. The lowest BCUT2D eigenvalue weighted by molar-refractivity contribution is 1.15. The van der Waals surface area contributed by atoms with Crippen LogP contribution in [-0.4, -0.2) is 0 Å². The highest BCUT2D eigenvalue weighted by atomic mass is 79.9. The van der Waals surface area contributed by atoms with E-state index in [-0.39, 0.29) is 0 Å². The third-order valence-electron chi connectivity index (χ3n) is 2.42. The molecule has 0 bridgehead atoms. The van der Waals surface area contributed by atoms with Gasteiger partial charge in [0, 0.05) is 20.5 Å². The van der Waals surface area contributed by atoms with Gasteiger partial charge >= 0.3 is 0 Å². The predicted octanol–water partition coefficient (Wildman–Crippen LogP) is 6.13. The largest absolute Gasteiger partial charge is 0.380 e. The first-order valence-corrected chi connectivity index (χ1v) is 7.53. The Morgan fingerprint density at radius 1 is 0.889 bits per heavy atom. The number of hydrogen-bond donors (Lipinski definition) is 1. The molecule has 1 nitrogen and oxygen atoms in total. The molecule has 1 N–H and O–H groups in total. The quantitative estimate of drug-likeness (QED) is 0.642. The van der Waals surface area contributed by atoms with E-state index < -0.39 is 0 Å². The first-order chi connectivity index (χ1) is 8.56. The lowest BCUT2D eigenvalue weighted by Crippen LogP contribution is -2.00. The lowest BCUT2D eigenvalue weighted by Gasteiger charge is -2.10. The summed E-state index contributed by atoms with van der Waals surface area (Å²) in [7, 11) is 0. The van der Waals surface area contributed by atoms with Gasteiger partial charge in [0.1, 0.15) is 0 Å². The fraction of sp³-hybridized carbons (Fsp3) is 0.0769. The summed E-state index contributed by atoms with van der Waals surface area (Å²) >= 11 is 19.0. The summed E-state index contributed by atoms with van der Waals surface area (Å²) in [6.07, 6.45) is 0. The third kappa shape index (κ3) is 3.64. The molecule has 0 saturated heterocycles. The Hall–Kier alpha value is -0.220. The molecule has 5 heteroatoms. The SMILES string of the molecule is Clc1cc(Br)ccc1CNc1ccc(Br)cc1Cl. The van der Waals surface area contributed by atoms with Gasteiger partial charge in [-0.2, -0.15) is 0 Å². The summed E-state index contributed by atoms with van der Waals surface area (Å²) < 4.78 is 1.93. The van der Waals surface area contributed by atoms with Crippen LogP contribution in [0.3, 0.4) is 0 Å². The van der Waals surface area contributed by atoms with Gasteiger partial charge in [0.25, 0.3) is 0 Å². The molecule has 0 unspecified atom stereocenters. The molecule has 0 atom stereocenters. The van der Waals surface area contributed by atoms with Gasteiger partial charge in [0.05, 0.1) is 10.7 Å². The van der Waals surface area contributed by atoms with Crippen molar-refractivity contribution >= 4 is 60.7 Å². The van der Waals surface area contributed by atoms with E-state index >= 15 is 0 Å². The third-order valence-corrected chi connectivity index (χ3v) is 4.07. The Bertz CT molecular complexity index is 521. The molecule has 0 aromatic heterocycles. The minimum atomic E-state index is 0.632. The number of halogens is 4. The van der Waals surface area contributed by atoms with Crippen molar-refractivity contribution in [1.82, 2.24) is 0 Å². The van der Waals surface area contributed by atoms with E-state index in [9.17, 15) is 0 Å². The Morgan fingerprint density at radius 3 is 2.11 bits per heavy atom. The van der Waals surface area contributed by atoms with Gasteiger partial charge < -0.3 is 5.32 Å². The highest BCUT2D eigenvalue weighted by Gasteiger charge is 2.03. The number of benzene rings is 2. The average molecular weight is 410 g/mol. The predicted molar refractivity (Wildman–Crippen MR) is 85.6 cm³/mol. The molecule has 0 aliphatic carbocycles. The Morgan fingerprint density at radius 2 is 1.50 bits per heavy atom. The summed E-state index contributed by atoms with van der Waals surface area (Å²) in [6, 6.07) is 11.5. The zero-order valence-electron chi connectivity index (χ0n) is 9.18. The monoisotopic (exact) mass is 407 g/mol. The maximum atomic E-state index is 6.15. The molecule has 0 aliphatic heterocycles. The molecule has 0 fully saturated rings. The number of rotatable bonds is 3. The standard InChI is InChI=1S/C13H9Br2Cl2N/c14-9-2-1-8(11(16)5-9)7-18-13-4-3-10(15)6-12(13)17/h1-6,18H,7H2. The first kappa shape index (κ1) is 14.2. The smallest absolute Gasteiger partial charge is 0.0648 e. The molecule has 2 rings (SSSR count). The van der Waals surface area contributed by atoms with Crippen LogP contribution in [0.5, 0.6) is 0 Å². The minimum absolute atomic E-state index is 0.632. The maximum Gasteiger partial charge on any atom is 0.0648 e. The van der Waals surface area contributed by atoms with Crippen molar-refractivity contribution < 1.29 is 0 Å². The molecule has 2 aromatic carbocycles. The van der Waals surface area contributed by atoms with E-state index in [1.807, 2.05) is 36.4 Å². The van der Waals surface area contributed by atoms with Crippen LogP contribution >= 0.6 is 55.1 Å². The highest BCUT2D eigenvalue weighted by molar-refractivity contribution is 9.10. The van der Waals surface area contributed by atoms with E-state index in [4.69, 9.17) is 23.2 Å². The molecule has 0 amide bonds. The number of hydrogen-bond acceptors (Lipinski definition) is 1. The fourth-order valence-corrected chi connectivity index (χ4v) is 2.97. The van der Waals surface area contributed by atoms with Crippen LogP contribution in [0.2, 0.25) is 10.0 Å². The number of nitrogens with one attached hydrogen (secondary N) is 1. The van der Waals surface area contributed by atoms with Crippen LogP contribution in [0.15, 0.2) is 45.3 Å². The van der Waals surface area contributed by atoms with Gasteiger partial charge in [-0.3, -0.25) is 0 Å². The van der Waals surface area contributed by atoms with Crippen LogP contribution in [0.1, 0.15) is 5.56 Å². The van der Waals surface area contributed by atoms with Crippen LogP contribution in [0, 0.1) is 0 Å². The van der Waals surface area contributed by atoms with E-state index in [0.717, 1.165) is 25.2 Å². The summed E-state index contributed by atoms with van der Waals surface area (Å²) in [5.41, 5.74) is 1.91.